The molecule has 9 heteroatoms. The molecule has 0 aliphatic carbocycles. The van der Waals surface area contributed by atoms with Crippen molar-refractivity contribution in [1.29, 1.82) is 0 Å². The number of aromatic nitrogens is 5. The van der Waals surface area contributed by atoms with Gasteiger partial charge in [0.15, 0.2) is 0 Å². The van der Waals surface area contributed by atoms with Crippen LogP contribution in [-0.4, -0.2) is 40.5 Å². The normalized spacial score (nSPS) is 11.5. The summed E-state index contributed by atoms with van der Waals surface area (Å²) in [4.78, 5) is 4.30. The Bertz CT molecular complexity index is 1020. The lowest BCUT2D eigenvalue weighted by Gasteiger charge is -2.02. The number of phenolic OH excluding ortho intramolecular Hbond substituents is 1. The molecule has 0 saturated heterocycles. The molecule has 2 aromatic heterocycles. The first-order valence-electron chi connectivity index (χ1n) is 6.96. The van der Waals surface area contributed by atoms with Crippen LogP contribution in [0.25, 0.3) is 33.9 Å². The van der Waals surface area contributed by atoms with Crippen molar-refractivity contribution in [3.63, 3.8) is 0 Å². The van der Waals surface area contributed by atoms with Crippen LogP contribution in [0.1, 0.15) is 6.41 Å². The van der Waals surface area contributed by atoms with Gasteiger partial charge in [0.2, 0.25) is 5.82 Å². The Hall–Kier alpha value is -3.30. The van der Waals surface area contributed by atoms with Crippen molar-refractivity contribution >= 4 is 11.0 Å². The maximum atomic E-state index is 9.52. The molecule has 3 N–H and O–H groups in total. The van der Waals surface area contributed by atoms with E-state index in [-0.39, 0.29) is 11.6 Å². The van der Waals surface area contributed by atoms with Gasteiger partial charge in [0.05, 0.1) is 5.52 Å². The van der Waals surface area contributed by atoms with E-state index >= 15 is 0 Å². The monoisotopic (exact) mass is 325 g/mol. The molecule has 2 aromatic carbocycles. The van der Waals surface area contributed by atoms with Crippen LogP contribution in [0.5, 0.6) is 5.75 Å². The van der Waals surface area contributed by atoms with Gasteiger partial charge in [-0.05, 0) is 36.4 Å². The van der Waals surface area contributed by atoms with Crippen molar-refractivity contribution < 1.29 is 19.8 Å². The summed E-state index contributed by atoms with van der Waals surface area (Å²) in [6.45, 7) is 0. The lowest BCUT2D eigenvalue weighted by atomic mass is 10.2. The van der Waals surface area contributed by atoms with Crippen molar-refractivity contribution in [3.05, 3.63) is 42.5 Å². The van der Waals surface area contributed by atoms with Gasteiger partial charge in [-0.25, -0.2) is 0 Å². The Balaban J connectivity index is 1.73. The minimum atomic E-state index is -1.76. The zero-order valence-electron chi connectivity index (χ0n) is 12.1. The van der Waals surface area contributed by atoms with Gasteiger partial charge >= 0.3 is 0 Å². The second-order valence-corrected chi connectivity index (χ2v) is 5.06. The summed E-state index contributed by atoms with van der Waals surface area (Å²) in [5, 5.41) is 39.4. The summed E-state index contributed by atoms with van der Waals surface area (Å²) >= 11 is 0. The number of hydrogen-bond acceptors (Lipinski definition) is 8. The highest BCUT2D eigenvalue weighted by molar-refractivity contribution is 5.80. The predicted octanol–water partition coefficient (Wildman–Crippen LogP) is 1.29. The summed E-state index contributed by atoms with van der Waals surface area (Å²) in [5.41, 5.74) is 2.16. The van der Waals surface area contributed by atoms with Gasteiger partial charge < -0.3 is 19.8 Å². The van der Waals surface area contributed by atoms with E-state index in [1.807, 2.05) is 0 Å². The van der Waals surface area contributed by atoms with Crippen LogP contribution in [0, 0.1) is 0 Å². The number of rotatable bonds is 3. The van der Waals surface area contributed by atoms with E-state index in [0.29, 0.717) is 28.0 Å². The van der Waals surface area contributed by atoms with E-state index in [0.717, 1.165) is 4.68 Å². The topological polar surface area (TPSA) is 130 Å². The summed E-state index contributed by atoms with van der Waals surface area (Å²) < 4.78 is 6.20. The first-order chi connectivity index (χ1) is 11.6. The van der Waals surface area contributed by atoms with Gasteiger partial charge in [0.25, 0.3) is 12.3 Å². The number of phenols is 1. The van der Waals surface area contributed by atoms with E-state index < -0.39 is 6.41 Å². The molecule has 0 unspecified atom stereocenters. The third-order valence-electron chi connectivity index (χ3n) is 3.47. The van der Waals surface area contributed by atoms with Crippen molar-refractivity contribution in [2.24, 2.45) is 0 Å². The Kier molecular flexibility index (Phi) is 3.22. The molecule has 0 amide bonds. The average molecular weight is 325 g/mol. The number of nitrogens with zero attached hydrogens (tertiary/aromatic N) is 5. The van der Waals surface area contributed by atoms with Crippen LogP contribution in [-0.2, 0) is 0 Å². The van der Waals surface area contributed by atoms with Crippen molar-refractivity contribution in [1.82, 2.24) is 25.1 Å². The second kappa shape index (κ2) is 5.41. The van der Waals surface area contributed by atoms with E-state index in [4.69, 9.17) is 4.52 Å². The minimum Gasteiger partial charge on any atom is -0.508 e. The molecule has 2 heterocycles. The zero-order chi connectivity index (χ0) is 16.7. The zero-order valence-corrected chi connectivity index (χ0v) is 12.1. The van der Waals surface area contributed by atoms with E-state index in [2.05, 4.69) is 20.5 Å². The summed E-state index contributed by atoms with van der Waals surface area (Å²) in [7, 11) is 0. The lowest BCUT2D eigenvalue weighted by Crippen LogP contribution is -2.08. The van der Waals surface area contributed by atoms with Crippen molar-refractivity contribution in [2.75, 3.05) is 0 Å². The standard InChI is InChI=1S/C15H11N5O4/c21-10-3-1-2-9(6-10)14-16-13(18-24-14)8-4-5-12-11(7-8)17-19-20(12)15(22)23/h1-7,15,21-23H. The van der Waals surface area contributed by atoms with Gasteiger partial charge in [-0.2, -0.15) is 9.67 Å². The Labute approximate surface area is 134 Å². The SMILES string of the molecule is Oc1cccc(-c2nc(-c3ccc4c(c3)nnn4C(O)O)no2)c1. The summed E-state index contributed by atoms with van der Waals surface area (Å²) in [6.07, 6.45) is -1.76. The Morgan fingerprint density at radius 1 is 1.04 bits per heavy atom. The summed E-state index contributed by atoms with van der Waals surface area (Å²) in [5.74, 6) is 0.720. The van der Waals surface area contributed by atoms with E-state index in [1.54, 1.807) is 36.4 Å². The van der Waals surface area contributed by atoms with Crippen LogP contribution in [0.2, 0.25) is 0 Å². The molecule has 120 valence electrons. The maximum absolute atomic E-state index is 9.52. The molecule has 0 atom stereocenters. The molecular weight excluding hydrogens is 314 g/mol. The Morgan fingerprint density at radius 2 is 1.92 bits per heavy atom. The molecule has 0 aliphatic heterocycles. The van der Waals surface area contributed by atoms with Crippen molar-refractivity contribution in [3.8, 4) is 28.6 Å². The van der Waals surface area contributed by atoms with Gasteiger partial charge in [-0.15, -0.1) is 5.10 Å². The van der Waals surface area contributed by atoms with Gasteiger partial charge in [-0.1, -0.05) is 16.4 Å². The highest BCUT2D eigenvalue weighted by Gasteiger charge is 2.14. The number of benzene rings is 2. The van der Waals surface area contributed by atoms with Crippen LogP contribution in [0.4, 0.5) is 0 Å². The van der Waals surface area contributed by atoms with Crippen LogP contribution >= 0.6 is 0 Å². The van der Waals surface area contributed by atoms with Crippen LogP contribution < -0.4 is 0 Å². The second-order valence-electron chi connectivity index (χ2n) is 5.06. The highest BCUT2D eigenvalue weighted by atomic mass is 16.5. The highest BCUT2D eigenvalue weighted by Crippen LogP contribution is 2.26. The first-order valence-corrected chi connectivity index (χ1v) is 6.96. The molecule has 0 bridgehead atoms. The minimum absolute atomic E-state index is 0.104. The molecule has 0 fully saturated rings. The average Bonchev–Trinajstić information content (AvgIpc) is 3.21. The molecule has 24 heavy (non-hydrogen) atoms. The number of aliphatic hydroxyl groups excluding tert-OH is 1. The molecule has 4 rings (SSSR count). The van der Waals surface area contributed by atoms with E-state index in [1.165, 1.54) is 6.07 Å². The molecule has 9 nitrogen and oxygen atoms in total. The fraction of sp³-hybridized carbons (Fsp3) is 0.0667. The molecule has 0 aliphatic rings. The van der Waals surface area contributed by atoms with Crippen LogP contribution in [0.3, 0.4) is 0 Å². The molecule has 0 radical (unpaired) electrons. The smallest absolute Gasteiger partial charge is 0.258 e. The molecule has 0 saturated carbocycles. The van der Waals surface area contributed by atoms with Crippen molar-refractivity contribution in [2.45, 2.75) is 6.41 Å². The number of aromatic hydroxyl groups is 1. The first kappa shape index (κ1) is 14.3. The number of hydrogen-bond donors (Lipinski definition) is 3. The lowest BCUT2D eigenvalue weighted by molar-refractivity contribution is -0.108. The van der Waals surface area contributed by atoms with Crippen LogP contribution in [0.15, 0.2) is 47.0 Å². The molecule has 4 aromatic rings. The van der Waals surface area contributed by atoms with Gasteiger partial charge in [0.1, 0.15) is 11.3 Å². The fourth-order valence-corrected chi connectivity index (χ4v) is 2.35. The largest absolute Gasteiger partial charge is 0.508 e. The Morgan fingerprint density at radius 3 is 2.71 bits per heavy atom. The summed E-state index contributed by atoms with van der Waals surface area (Å²) in [6, 6.07) is 11.5. The third-order valence-corrected chi connectivity index (χ3v) is 3.47. The van der Waals surface area contributed by atoms with Gasteiger partial charge in [-0.3, -0.25) is 0 Å². The third kappa shape index (κ3) is 2.37. The number of aliphatic hydroxyl groups is 2. The fourth-order valence-electron chi connectivity index (χ4n) is 2.35. The quantitative estimate of drug-likeness (QED) is 0.480. The molecule has 0 spiro atoms. The maximum Gasteiger partial charge on any atom is 0.258 e. The van der Waals surface area contributed by atoms with E-state index in [9.17, 15) is 15.3 Å². The number of fused-ring (bicyclic) bond motifs is 1. The predicted molar refractivity (Wildman–Crippen MR) is 81.4 cm³/mol. The van der Waals surface area contributed by atoms with Gasteiger partial charge in [0, 0.05) is 11.1 Å². The molecular formula is C15H11N5O4.